The van der Waals surface area contributed by atoms with E-state index in [9.17, 15) is 4.79 Å². The number of carbonyl (C=O) groups excluding carboxylic acids is 1. The van der Waals surface area contributed by atoms with Crippen LogP contribution in [0.2, 0.25) is 0 Å². The molecule has 0 aliphatic heterocycles. The van der Waals surface area contributed by atoms with Gasteiger partial charge in [0.25, 0.3) is 0 Å². The van der Waals surface area contributed by atoms with E-state index in [0.29, 0.717) is 17.2 Å². The van der Waals surface area contributed by atoms with E-state index in [0.717, 1.165) is 12.8 Å². The number of ether oxygens (including phenoxy) is 1. The van der Waals surface area contributed by atoms with Crippen LogP contribution in [-0.4, -0.2) is 24.0 Å². The van der Waals surface area contributed by atoms with Crippen molar-refractivity contribution in [3.8, 4) is 0 Å². The van der Waals surface area contributed by atoms with Gasteiger partial charge in [0.1, 0.15) is 6.10 Å². The second kappa shape index (κ2) is 5.96. The average Bonchev–Trinajstić information content (AvgIpc) is 2.41. The molecule has 0 bridgehead atoms. The zero-order valence-electron chi connectivity index (χ0n) is 10.8. The summed E-state index contributed by atoms with van der Waals surface area (Å²) in [6.07, 6.45) is 8.49. The number of methoxy groups -OCH3 is 1. The fourth-order valence-electron chi connectivity index (χ4n) is 2.71. The number of hydrogen-bond donors (Lipinski definition) is 1. The molecule has 0 spiro atoms. The summed E-state index contributed by atoms with van der Waals surface area (Å²) < 4.78 is 5.43. The van der Waals surface area contributed by atoms with Crippen molar-refractivity contribution in [1.29, 1.82) is 0 Å². The summed E-state index contributed by atoms with van der Waals surface area (Å²) in [6, 6.07) is 1.65. The predicted octanol–water partition coefficient (Wildman–Crippen LogP) is 2.44. The number of nitrogen functional groups attached to an aromatic ring is 1. The Kier molecular flexibility index (Phi) is 4.31. The topological polar surface area (TPSA) is 65.2 Å². The fourth-order valence-corrected chi connectivity index (χ4v) is 2.71. The number of aromatic nitrogens is 1. The normalized spacial score (nSPS) is 18.5. The molecular formula is C14H20N2O2. The van der Waals surface area contributed by atoms with Gasteiger partial charge in [-0.1, -0.05) is 19.3 Å². The molecule has 0 amide bonds. The van der Waals surface area contributed by atoms with Crippen molar-refractivity contribution in [2.45, 2.75) is 38.2 Å². The lowest BCUT2D eigenvalue weighted by Gasteiger charge is -2.28. The van der Waals surface area contributed by atoms with Crippen molar-refractivity contribution >= 4 is 11.5 Å². The third-order valence-electron chi connectivity index (χ3n) is 3.71. The number of carbonyl (C=O) groups is 1. The Bertz CT molecular complexity index is 414. The molecule has 1 saturated carbocycles. The second-order valence-corrected chi connectivity index (χ2v) is 4.88. The van der Waals surface area contributed by atoms with Gasteiger partial charge in [-0.2, -0.15) is 0 Å². The van der Waals surface area contributed by atoms with Crippen LogP contribution >= 0.6 is 0 Å². The number of Topliss-reactive ketones (excluding diaryl/α,β-unsaturated/α-hetero) is 1. The number of hydrogen-bond acceptors (Lipinski definition) is 4. The third-order valence-corrected chi connectivity index (χ3v) is 3.71. The van der Waals surface area contributed by atoms with Gasteiger partial charge in [-0.05, 0) is 24.8 Å². The van der Waals surface area contributed by atoms with Crippen LogP contribution in [0.1, 0.15) is 42.5 Å². The second-order valence-electron chi connectivity index (χ2n) is 4.88. The first kappa shape index (κ1) is 13.0. The van der Waals surface area contributed by atoms with Gasteiger partial charge in [-0.15, -0.1) is 0 Å². The van der Waals surface area contributed by atoms with Crippen LogP contribution in [0.5, 0.6) is 0 Å². The summed E-state index contributed by atoms with van der Waals surface area (Å²) >= 11 is 0. The van der Waals surface area contributed by atoms with Crippen LogP contribution in [0.4, 0.5) is 5.69 Å². The lowest BCUT2D eigenvalue weighted by atomic mass is 9.82. The molecule has 1 atom stereocenters. The lowest BCUT2D eigenvalue weighted by Crippen LogP contribution is -2.33. The van der Waals surface area contributed by atoms with E-state index >= 15 is 0 Å². The van der Waals surface area contributed by atoms with Crippen LogP contribution in [-0.2, 0) is 4.74 Å². The van der Waals surface area contributed by atoms with Crippen LogP contribution in [0.15, 0.2) is 18.5 Å². The van der Waals surface area contributed by atoms with Gasteiger partial charge in [0, 0.05) is 25.2 Å². The highest BCUT2D eigenvalue weighted by atomic mass is 16.5. The van der Waals surface area contributed by atoms with Gasteiger partial charge in [0.15, 0.2) is 5.78 Å². The maximum Gasteiger partial charge on any atom is 0.195 e. The van der Waals surface area contributed by atoms with E-state index in [1.165, 1.54) is 25.5 Å². The molecule has 0 radical (unpaired) electrons. The lowest BCUT2D eigenvalue weighted by molar-refractivity contribution is 0.0315. The van der Waals surface area contributed by atoms with Gasteiger partial charge < -0.3 is 10.5 Å². The number of pyridine rings is 1. The van der Waals surface area contributed by atoms with E-state index < -0.39 is 0 Å². The van der Waals surface area contributed by atoms with Crippen molar-refractivity contribution in [3.63, 3.8) is 0 Å². The van der Waals surface area contributed by atoms with Crippen LogP contribution in [0.3, 0.4) is 0 Å². The standard InChI is InChI=1S/C14H20N2O2/c1-18-14(10-5-3-2-4-6-10)13(17)11-9-16-8-7-12(11)15/h7-10,14H,2-6H2,1H3,(H2,15,16). The molecule has 2 rings (SSSR count). The van der Waals surface area contributed by atoms with Gasteiger partial charge >= 0.3 is 0 Å². The van der Waals surface area contributed by atoms with Crippen LogP contribution in [0.25, 0.3) is 0 Å². The predicted molar refractivity (Wildman–Crippen MR) is 70.4 cm³/mol. The fraction of sp³-hybridized carbons (Fsp3) is 0.571. The summed E-state index contributed by atoms with van der Waals surface area (Å²) in [5, 5.41) is 0. The average molecular weight is 248 g/mol. The first-order chi connectivity index (χ1) is 8.74. The molecule has 1 unspecified atom stereocenters. The molecule has 4 heteroatoms. The van der Waals surface area contributed by atoms with E-state index in [-0.39, 0.29) is 11.9 Å². The van der Waals surface area contributed by atoms with E-state index in [1.54, 1.807) is 19.4 Å². The summed E-state index contributed by atoms with van der Waals surface area (Å²) in [6.45, 7) is 0. The number of rotatable bonds is 4. The monoisotopic (exact) mass is 248 g/mol. The molecule has 2 N–H and O–H groups in total. The van der Waals surface area contributed by atoms with E-state index in [1.807, 2.05) is 0 Å². The van der Waals surface area contributed by atoms with Gasteiger partial charge in [0.05, 0.1) is 5.56 Å². The molecule has 1 aromatic heterocycles. The minimum Gasteiger partial charge on any atom is -0.398 e. The molecule has 0 aromatic carbocycles. The number of nitrogens with zero attached hydrogens (tertiary/aromatic N) is 1. The number of ketones is 1. The summed E-state index contributed by atoms with van der Waals surface area (Å²) in [5.41, 5.74) is 6.79. The van der Waals surface area contributed by atoms with Crippen molar-refractivity contribution in [2.24, 2.45) is 5.92 Å². The van der Waals surface area contributed by atoms with E-state index in [4.69, 9.17) is 10.5 Å². The molecular weight excluding hydrogens is 228 g/mol. The third kappa shape index (κ3) is 2.70. The maximum atomic E-state index is 12.5. The number of anilines is 1. The first-order valence-electron chi connectivity index (χ1n) is 6.50. The molecule has 1 fully saturated rings. The highest BCUT2D eigenvalue weighted by Crippen LogP contribution is 2.30. The molecule has 1 aromatic rings. The largest absolute Gasteiger partial charge is 0.398 e. The minimum atomic E-state index is -0.378. The summed E-state index contributed by atoms with van der Waals surface area (Å²) in [7, 11) is 1.60. The minimum absolute atomic E-state index is 0.0324. The van der Waals surface area contributed by atoms with Crippen molar-refractivity contribution in [2.75, 3.05) is 12.8 Å². The Balaban J connectivity index is 2.17. The quantitative estimate of drug-likeness (QED) is 0.831. The molecule has 1 heterocycles. The smallest absolute Gasteiger partial charge is 0.195 e. The molecule has 18 heavy (non-hydrogen) atoms. The van der Waals surface area contributed by atoms with Crippen molar-refractivity contribution < 1.29 is 9.53 Å². The Hall–Kier alpha value is -1.42. The SMILES string of the molecule is COC(C(=O)c1cnccc1N)C1CCCCC1. The van der Waals surface area contributed by atoms with Gasteiger partial charge in [-0.25, -0.2) is 0 Å². The molecule has 4 nitrogen and oxygen atoms in total. The molecule has 1 aliphatic rings. The summed E-state index contributed by atoms with van der Waals surface area (Å²) in [4.78, 5) is 16.4. The Morgan fingerprint density at radius 2 is 2.17 bits per heavy atom. The van der Waals surface area contributed by atoms with Crippen LogP contribution in [0, 0.1) is 5.92 Å². The summed E-state index contributed by atoms with van der Waals surface area (Å²) in [5.74, 6) is 0.283. The maximum absolute atomic E-state index is 12.5. The highest BCUT2D eigenvalue weighted by Gasteiger charge is 2.31. The zero-order valence-corrected chi connectivity index (χ0v) is 10.8. The molecule has 1 aliphatic carbocycles. The van der Waals surface area contributed by atoms with E-state index in [2.05, 4.69) is 4.98 Å². The Labute approximate surface area is 108 Å². The Morgan fingerprint density at radius 1 is 1.44 bits per heavy atom. The zero-order chi connectivity index (χ0) is 13.0. The van der Waals surface area contributed by atoms with Crippen molar-refractivity contribution in [1.82, 2.24) is 4.98 Å². The van der Waals surface area contributed by atoms with Gasteiger partial charge in [-0.3, -0.25) is 9.78 Å². The van der Waals surface area contributed by atoms with Crippen molar-refractivity contribution in [3.05, 3.63) is 24.0 Å². The highest BCUT2D eigenvalue weighted by molar-refractivity contribution is 6.03. The number of nitrogens with two attached hydrogens (primary N) is 1. The van der Waals surface area contributed by atoms with Gasteiger partial charge in [0.2, 0.25) is 0 Å². The molecule has 98 valence electrons. The molecule has 0 saturated heterocycles. The first-order valence-corrected chi connectivity index (χ1v) is 6.50. The van der Waals surface area contributed by atoms with Crippen LogP contribution < -0.4 is 5.73 Å². The Morgan fingerprint density at radius 3 is 2.78 bits per heavy atom.